The smallest absolute Gasteiger partial charge is 0.267 e. The van der Waals surface area contributed by atoms with E-state index in [1.807, 2.05) is 0 Å². The summed E-state index contributed by atoms with van der Waals surface area (Å²) < 4.78 is 28.8. The van der Waals surface area contributed by atoms with Gasteiger partial charge in [-0.2, -0.15) is 5.10 Å². The van der Waals surface area contributed by atoms with Crippen LogP contribution in [0.2, 0.25) is 0 Å². The van der Waals surface area contributed by atoms with E-state index in [1.54, 1.807) is 29.9 Å². The van der Waals surface area contributed by atoms with Crippen LogP contribution in [0.5, 0.6) is 5.75 Å². The summed E-state index contributed by atoms with van der Waals surface area (Å²) in [5, 5.41) is 13.8. The molecule has 0 unspecified atom stereocenters. The fraction of sp³-hybridized carbons (Fsp3) is 0.438. The van der Waals surface area contributed by atoms with E-state index in [0.29, 0.717) is 17.4 Å². The third kappa shape index (κ3) is 2.93. The number of anilines is 1. The minimum Gasteiger partial charge on any atom is -0.508 e. The van der Waals surface area contributed by atoms with Crippen molar-refractivity contribution in [2.75, 3.05) is 11.4 Å². The van der Waals surface area contributed by atoms with E-state index in [9.17, 15) is 13.5 Å². The second kappa shape index (κ2) is 5.88. The van der Waals surface area contributed by atoms with E-state index in [0.717, 1.165) is 12.8 Å². The van der Waals surface area contributed by atoms with Crippen LogP contribution in [-0.4, -0.2) is 30.4 Å². The minimum absolute atomic E-state index is 0.102. The fourth-order valence-electron chi connectivity index (χ4n) is 3.02. The van der Waals surface area contributed by atoms with Crippen LogP contribution in [0.1, 0.15) is 37.4 Å². The molecule has 3 rings (SSSR count). The molecule has 23 heavy (non-hydrogen) atoms. The van der Waals surface area contributed by atoms with Crippen molar-refractivity contribution >= 4 is 15.7 Å². The van der Waals surface area contributed by atoms with Crippen molar-refractivity contribution < 1.29 is 13.5 Å². The van der Waals surface area contributed by atoms with Crippen molar-refractivity contribution in [3.63, 3.8) is 0 Å². The van der Waals surface area contributed by atoms with Crippen LogP contribution in [-0.2, 0) is 10.0 Å². The SMILES string of the molecule is Cc1nn(C2CCCC2)cc1S(=O)(=O)N(C)c1ccc(O)cc1. The van der Waals surface area contributed by atoms with E-state index in [-0.39, 0.29) is 10.6 Å². The number of hydrogen-bond donors (Lipinski definition) is 1. The molecule has 1 aliphatic rings. The van der Waals surface area contributed by atoms with Gasteiger partial charge in [0.25, 0.3) is 10.0 Å². The summed E-state index contributed by atoms with van der Waals surface area (Å²) in [6.45, 7) is 1.73. The molecule has 1 heterocycles. The maximum Gasteiger partial charge on any atom is 0.267 e. The summed E-state index contributed by atoms with van der Waals surface area (Å²) >= 11 is 0. The molecule has 1 aromatic carbocycles. The largest absolute Gasteiger partial charge is 0.508 e. The maximum absolute atomic E-state index is 12.9. The van der Waals surface area contributed by atoms with Crippen molar-refractivity contribution in [1.82, 2.24) is 9.78 Å². The fourth-order valence-corrected chi connectivity index (χ4v) is 4.37. The summed E-state index contributed by atoms with van der Waals surface area (Å²) in [4.78, 5) is 0.236. The molecule has 1 aliphatic carbocycles. The van der Waals surface area contributed by atoms with Crippen LogP contribution in [0.4, 0.5) is 5.69 Å². The monoisotopic (exact) mass is 335 g/mol. The molecule has 6 nitrogen and oxygen atoms in total. The molecule has 124 valence electrons. The van der Waals surface area contributed by atoms with Crippen LogP contribution < -0.4 is 4.31 Å². The van der Waals surface area contributed by atoms with Crippen LogP contribution in [0.3, 0.4) is 0 Å². The Morgan fingerprint density at radius 1 is 1.22 bits per heavy atom. The van der Waals surface area contributed by atoms with Gasteiger partial charge in [-0.25, -0.2) is 8.42 Å². The third-order valence-corrected chi connectivity index (χ3v) is 6.31. The van der Waals surface area contributed by atoms with Gasteiger partial charge in [0.1, 0.15) is 10.6 Å². The average molecular weight is 335 g/mol. The lowest BCUT2D eigenvalue weighted by Gasteiger charge is -2.19. The Bertz CT molecular complexity index is 790. The number of aromatic nitrogens is 2. The zero-order valence-electron chi connectivity index (χ0n) is 13.3. The molecule has 7 heteroatoms. The molecule has 0 atom stereocenters. The quantitative estimate of drug-likeness (QED) is 0.932. The Kier molecular flexibility index (Phi) is 4.06. The number of benzene rings is 1. The third-order valence-electron chi connectivity index (χ3n) is 4.42. The predicted octanol–water partition coefficient (Wildman–Crippen LogP) is 2.84. The molecular formula is C16H21N3O3S. The number of phenolic OH excluding ortho intramolecular Hbond substituents is 1. The number of aryl methyl sites for hydroxylation is 1. The van der Waals surface area contributed by atoms with Gasteiger partial charge in [0.05, 0.1) is 17.4 Å². The molecule has 0 bridgehead atoms. The molecule has 0 amide bonds. The number of phenols is 1. The van der Waals surface area contributed by atoms with Gasteiger partial charge in [-0.15, -0.1) is 0 Å². The van der Waals surface area contributed by atoms with Crippen LogP contribution in [0, 0.1) is 6.92 Å². The molecule has 2 aromatic rings. The van der Waals surface area contributed by atoms with Crippen molar-refractivity contribution in [1.29, 1.82) is 0 Å². The molecule has 1 N–H and O–H groups in total. The molecular weight excluding hydrogens is 314 g/mol. The first-order chi connectivity index (χ1) is 10.9. The van der Waals surface area contributed by atoms with E-state index < -0.39 is 10.0 Å². The second-order valence-electron chi connectivity index (χ2n) is 5.99. The average Bonchev–Trinajstić information content (AvgIpc) is 3.16. The summed E-state index contributed by atoms with van der Waals surface area (Å²) in [5.41, 5.74) is 1.01. The minimum atomic E-state index is -3.68. The summed E-state index contributed by atoms with van der Waals surface area (Å²) in [6.07, 6.45) is 6.08. The number of rotatable bonds is 4. The van der Waals surface area contributed by atoms with Gasteiger partial charge in [0.15, 0.2) is 0 Å². The first-order valence-electron chi connectivity index (χ1n) is 7.73. The Hall–Kier alpha value is -2.02. The van der Waals surface area contributed by atoms with Gasteiger partial charge in [-0.1, -0.05) is 12.8 Å². The standard InChI is InChI=1S/C16H21N3O3S/c1-12-16(11-19(17-12)14-5-3-4-6-14)23(21,22)18(2)13-7-9-15(20)10-8-13/h7-11,14,20H,3-6H2,1-2H3. The van der Waals surface area contributed by atoms with Crippen LogP contribution in [0.25, 0.3) is 0 Å². The Balaban J connectivity index is 1.94. The van der Waals surface area contributed by atoms with Crippen molar-refractivity contribution in [2.45, 2.75) is 43.5 Å². The molecule has 1 fully saturated rings. The van der Waals surface area contributed by atoms with Gasteiger partial charge < -0.3 is 5.11 Å². The number of sulfonamides is 1. The zero-order valence-corrected chi connectivity index (χ0v) is 14.1. The molecule has 0 saturated heterocycles. The van der Waals surface area contributed by atoms with E-state index in [2.05, 4.69) is 5.10 Å². The number of aromatic hydroxyl groups is 1. The highest BCUT2D eigenvalue weighted by atomic mass is 32.2. The highest BCUT2D eigenvalue weighted by Crippen LogP contribution is 2.31. The van der Waals surface area contributed by atoms with Crippen molar-refractivity contribution in [2.24, 2.45) is 0 Å². The molecule has 1 aromatic heterocycles. The second-order valence-corrected chi connectivity index (χ2v) is 7.92. The van der Waals surface area contributed by atoms with Gasteiger partial charge in [-0.05, 0) is 44.0 Å². The van der Waals surface area contributed by atoms with Crippen LogP contribution in [0.15, 0.2) is 35.4 Å². The summed E-state index contributed by atoms with van der Waals surface area (Å²) in [6, 6.07) is 6.39. The lowest BCUT2D eigenvalue weighted by molar-refractivity contribution is 0.464. The molecule has 1 saturated carbocycles. The Morgan fingerprint density at radius 2 is 1.83 bits per heavy atom. The molecule has 0 radical (unpaired) electrons. The van der Waals surface area contributed by atoms with Crippen molar-refractivity contribution in [3.8, 4) is 5.75 Å². The lowest BCUT2D eigenvalue weighted by atomic mass is 10.3. The zero-order chi connectivity index (χ0) is 16.6. The highest BCUT2D eigenvalue weighted by Gasteiger charge is 2.28. The Morgan fingerprint density at radius 3 is 2.43 bits per heavy atom. The van der Waals surface area contributed by atoms with E-state index in [1.165, 1.54) is 36.3 Å². The van der Waals surface area contributed by atoms with Gasteiger partial charge in [0, 0.05) is 13.2 Å². The summed E-state index contributed by atoms with van der Waals surface area (Å²) in [7, 11) is -2.17. The first kappa shape index (κ1) is 15.9. The Labute approximate surface area is 136 Å². The highest BCUT2D eigenvalue weighted by molar-refractivity contribution is 7.92. The summed E-state index contributed by atoms with van der Waals surface area (Å²) in [5.74, 6) is 0.102. The number of hydrogen-bond acceptors (Lipinski definition) is 4. The van der Waals surface area contributed by atoms with E-state index >= 15 is 0 Å². The topological polar surface area (TPSA) is 75.4 Å². The van der Waals surface area contributed by atoms with Gasteiger partial charge >= 0.3 is 0 Å². The van der Waals surface area contributed by atoms with Gasteiger partial charge in [-0.3, -0.25) is 8.99 Å². The van der Waals surface area contributed by atoms with E-state index in [4.69, 9.17) is 0 Å². The van der Waals surface area contributed by atoms with Gasteiger partial charge in [0.2, 0.25) is 0 Å². The predicted molar refractivity (Wildman–Crippen MR) is 88.2 cm³/mol. The molecule has 0 spiro atoms. The van der Waals surface area contributed by atoms with Crippen LogP contribution >= 0.6 is 0 Å². The normalized spacial score (nSPS) is 15.9. The maximum atomic E-state index is 12.9. The molecule has 0 aliphatic heterocycles. The lowest BCUT2D eigenvalue weighted by Crippen LogP contribution is -2.26. The first-order valence-corrected chi connectivity index (χ1v) is 9.17. The van der Waals surface area contributed by atoms with Crippen molar-refractivity contribution in [3.05, 3.63) is 36.2 Å². The number of nitrogens with zero attached hydrogens (tertiary/aromatic N) is 3.